The van der Waals surface area contributed by atoms with Crippen molar-refractivity contribution in [2.24, 2.45) is 0 Å². The highest BCUT2D eigenvalue weighted by Crippen LogP contribution is 2.34. The summed E-state index contributed by atoms with van der Waals surface area (Å²) >= 11 is 12.6. The summed E-state index contributed by atoms with van der Waals surface area (Å²) < 4.78 is 6.21. The summed E-state index contributed by atoms with van der Waals surface area (Å²) in [5.41, 5.74) is -3.37. The molecule has 2 N–H and O–H groups in total. The van der Waals surface area contributed by atoms with E-state index in [1.807, 2.05) is 18.8 Å². The topological polar surface area (TPSA) is 147 Å². The third-order valence-electron chi connectivity index (χ3n) is 4.16. The highest BCUT2D eigenvalue weighted by molar-refractivity contribution is 6.55. The summed E-state index contributed by atoms with van der Waals surface area (Å²) in [4.78, 5) is 37.6. The van der Waals surface area contributed by atoms with E-state index in [9.17, 15) is 14.4 Å². The Morgan fingerprint density at radius 3 is 2.32 bits per heavy atom. The third kappa shape index (κ3) is 4.02. The van der Waals surface area contributed by atoms with E-state index in [4.69, 9.17) is 48.9 Å². The van der Waals surface area contributed by atoms with Gasteiger partial charge >= 0.3 is 5.69 Å². The molecular weight excluding hydrogens is 445 g/mol. The smallest absolute Gasteiger partial charge is 0.349 e. The summed E-state index contributed by atoms with van der Waals surface area (Å²) in [5.74, 6) is -0.343. The summed E-state index contributed by atoms with van der Waals surface area (Å²) in [6, 6.07) is 2.95. The molecule has 0 aliphatic heterocycles. The number of nitrogens with one attached hydrogen (secondary N) is 2. The number of ether oxygens (including phenoxy) is 1. The van der Waals surface area contributed by atoms with Gasteiger partial charge in [-0.1, -0.05) is 37.0 Å². The minimum atomic E-state index is -1.02. The molecule has 10 nitrogen and oxygen atoms in total. The second-order valence-electron chi connectivity index (χ2n) is 6.51. The maximum atomic E-state index is 12.2. The maximum absolute atomic E-state index is 12.2. The maximum Gasteiger partial charge on any atom is 0.349 e. The molecule has 3 aromatic rings. The SMILES string of the molecule is [B]c1c(Cl)c(Oc2cc(C(C)C)c(=O)[nH]n2)c(Cl)c([B])c1-n1nc(C#N)c(=O)[nH]c1=O. The monoisotopic (exact) mass is 454 g/mol. The van der Waals surface area contributed by atoms with Gasteiger partial charge in [0.25, 0.3) is 11.1 Å². The average Bonchev–Trinajstić information content (AvgIpc) is 2.72. The molecule has 0 fully saturated rings. The van der Waals surface area contributed by atoms with Crippen molar-refractivity contribution >= 4 is 49.8 Å². The van der Waals surface area contributed by atoms with E-state index in [-0.39, 0.29) is 49.8 Å². The van der Waals surface area contributed by atoms with E-state index < -0.39 is 16.9 Å². The van der Waals surface area contributed by atoms with Crippen molar-refractivity contribution in [3.8, 4) is 23.4 Å². The lowest BCUT2D eigenvalue weighted by atomic mass is 9.84. The minimum absolute atomic E-state index is 0.0373. The highest BCUT2D eigenvalue weighted by Gasteiger charge is 2.22. The second-order valence-corrected chi connectivity index (χ2v) is 7.27. The molecule has 14 heteroatoms. The van der Waals surface area contributed by atoms with E-state index in [2.05, 4.69) is 15.3 Å². The quantitative estimate of drug-likeness (QED) is 0.514. The van der Waals surface area contributed by atoms with Crippen LogP contribution in [0.1, 0.15) is 31.0 Å². The lowest BCUT2D eigenvalue weighted by Gasteiger charge is -2.19. The van der Waals surface area contributed by atoms with Crippen molar-refractivity contribution < 1.29 is 4.74 Å². The van der Waals surface area contributed by atoms with E-state index in [0.29, 0.717) is 10.2 Å². The molecule has 0 aliphatic carbocycles. The van der Waals surface area contributed by atoms with Gasteiger partial charge in [0.1, 0.15) is 21.8 Å². The van der Waals surface area contributed by atoms with Crippen LogP contribution in [0.25, 0.3) is 5.69 Å². The zero-order valence-electron chi connectivity index (χ0n) is 16.0. The molecule has 3 rings (SSSR count). The van der Waals surface area contributed by atoms with Gasteiger partial charge in [-0.25, -0.2) is 9.89 Å². The molecule has 4 radical (unpaired) electrons. The Hall–Kier alpha value is -3.29. The zero-order valence-corrected chi connectivity index (χ0v) is 17.5. The Morgan fingerprint density at radius 2 is 1.77 bits per heavy atom. The Labute approximate surface area is 186 Å². The molecule has 0 saturated carbocycles. The Bertz CT molecular complexity index is 1400. The normalized spacial score (nSPS) is 10.8. The van der Waals surface area contributed by atoms with E-state index in [1.54, 1.807) is 0 Å². The first-order valence-electron chi connectivity index (χ1n) is 8.54. The lowest BCUT2D eigenvalue weighted by molar-refractivity contribution is 0.453. The molecular formula is C17H10B2Cl2N6O4. The van der Waals surface area contributed by atoms with Gasteiger partial charge < -0.3 is 4.74 Å². The summed E-state index contributed by atoms with van der Waals surface area (Å²) in [7, 11) is 12.1. The van der Waals surface area contributed by atoms with Crippen molar-refractivity contribution in [3.05, 3.63) is 58.6 Å². The fourth-order valence-corrected chi connectivity index (χ4v) is 3.12. The van der Waals surface area contributed by atoms with Crippen LogP contribution < -0.4 is 32.5 Å². The van der Waals surface area contributed by atoms with E-state index >= 15 is 0 Å². The summed E-state index contributed by atoms with van der Waals surface area (Å²) in [6.45, 7) is 3.62. The number of nitriles is 1. The molecule has 0 bridgehead atoms. The van der Waals surface area contributed by atoms with Crippen LogP contribution in [0, 0.1) is 11.3 Å². The molecule has 2 heterocycles. The number of aromatic amines is 2. The predicted molar refractivity (Wildman–Crippen MR) is 115 cm³/mol. The average molecular weight is 455 g/mol. The molecule has 1 aromatic carbocycles. The van der Waals surface area contributed by atoms with Crippen LogP contribution in [-0.2, 0) is 0 Å². The number of benzene rings is 1. The Morgan fingerprint density at radius 1 is 1.16 bits per heavy atom. The van der Waals surface area contributed by atoms with Gasteiger partial charge in [0.2, 0.25) is 11.6 Å². The minimum Gasteiger partial charge on any atom is -0.434 e. The number of H-pyrrole nitrogens is 2. The van der Waals surface area contributed by atoms with Crippen molar-refractivity contribution in [1.29, 1.82) is 5.26 Å². The molecule has 0 amide bonds. The molecule has 0 atom stereocenters. The van der Waals surface area contributed by atoms with Crippen LogP contribution in [0.5, 0.6) is 11.6 Å². The first-order valence-corrected chi connectivity index (χ1v) is 9.29. The van der Waals surface area contributed by atoms with Gasteiger partial charge in [0.05, 0.1) is 15.7 Å². The molecule has 0 aliphatic rings. The number of halogens is 2. The molecule has 152 valence electrons. The lowest BCUT2D eigenvalue weighted by Crippen LogP contribution is -2.39. The predicted octanol–water partition coefficient (Wildman–Crippen LogP) is -0.314. The fourth-order valence-electron chi connectivity index (χ4n) is 2.62. The van der Waals surface area contributed by atoms with Crippen LogP contribution in [0.4, 0.5) is 0 Å². The van der Waals surface area contributed by atoms with Gasteiger partial charge in [-0.05, 0) is 16.8 Å². The van der Waals surface area contributed by atoms with Crippen molar-refractivity contribution in [3.63, 3.8) is 0 Å². The molecule has 0 unspecified atom stereocenters. The largest absolute Gasteiger partial charge is 0.434 e. The van der Waals surface area contributed by atoms with Crippen molar-refractivity contribution in [2.45, 2.75) is 19.8 Å². The van der Waals surface area contributed by atoms with E-state index in [1.165, 1.54) is 12.1 Å². The fraction of sp³-hybridized carbons (Fsp3) is 0.176. The van der Waals surface area contributed by atoms with Crippen LogP contribution in [-0.4, -0.2) is 40.7 Å². The first-order chi connectivity index (χ1) is 14.6. The van der Waals surface area contributed by atoms with Gasteiger partial charge in [-0.3, -0.25) is 14.6 Å². The second kappa shape index (κ2) is 8.45. The van der Waals surface area contributed by atoms with Crippen LogP contribution in [0.2, 0.25) is 10.0 Å². The Kier molecular flexibility index (Phi) is 6.10. The van der Waals surface area contributed by atoms with Crippen molar-refractivity contribution in [2.75, 3.05) is 0 Å². The van der Waals surface area contributed by atoms with Gasteiger partial charge in [-0.15, -0.1) is 10.2 Å². The number of nitrogens with zero attached hydrogens (tertiary/aromatic N) is 4. The van der Waals surface area contributed by atoms with Crippen LogP contribution in [0.3, 0.4) is 0 Å². The first kappa shape index (κ1) is 22.4. The van der Waals surface area contributed by atoms with Crippen molar-refractivity contribution in [1.82, 2.24) is 25.0 Å². The third-order valence-corrected chi connectivity index (χ3v) is 4.92. The van der Waals surface area contributed by atoms with Gasteiger partial charge in [0.15, 0.2) is 5.75 Å². The Balaban J connectivity index is 2.20. The zero-order chi connectivity index (χ0) is 23.0. The van der Waals surface area contributed by atoms with Crippen LogP contribution in [0.15, 0.2) is 20.4 Å². The molecule has 0 spiro atoms. The molecule has 2 aromatic heterocycles. The number of rotatable bonds is 4. The summed E-state index contributed by atoms with van der Waals surface area (Å²) in [5, 5.41) is 18.2. The number of hydrogen-bond donors (Lipinski definition) is 2. The van der Waals surface area contributed by atoms with Gasteiger partial charge in [0, 0.05) is 11.6 Å². The number of aromatic nitrogens is 5. The molecule has 31 heavy (non-hydrogen) atoms. The standard InChI is InChI=1S/C17H10B2Cl2N6O4/c1-5(2)6-3-8(24-25-15(6)28)31-14-11(20)9(18)13(10(19)12(14)21)27-17(30)23-16(29)7(4-22)26-27/h3,5H,1-2H3,(H,25,28)(H,23,29,30). The molecule has 0 saturated heterocycles. The van der Waals surface area contributed by atoms with Crippen LogP contribution >= 0.6 is 23.2 Å². The highest BCUT2D eigenvalue weighted by atomic mass is 35.5. The number of hydrogen-bond acceptors (Lipinski definition) is 7. The summed E-state index contributed by atoms with van der Waals surface area (Å²) in [6.07, 6.45) is 0. The van der Waals surface area contributed by atoms with Gasteiger partial charge in [-0.2, -0.15) is 9.94 Å². The van der Waals surface area contributed by atoms with E-state index in [0.717, 1.165) is 0 Å².